The summed E-state index contributed by atoms with van der Waals surface area (Å²) in [5, 5.41) is 9.45. The largest absolute Gasteiger partial charge is 0.480 e. The Morgan fingerprint density at radius 3 is 2.29 bits per heavy atom. The predicted octanol–water partition coefficient (Wildman–Crippen LogP) is 3.29. The van der Waals surface area contributed by atoms with Gasteiger partial charge in [-0.1, -0.05) is 39.0 Å². The van der Waals surface area contributed by atoms with Crippen LogP contribution in [0.15, 0.2) is 0 Å². The fraction of sp³-hybridized carbons (Fsp3) is 0.929. The van der Waals surface area contributed by atoms with Crippen LogP contribution in [0.5, 0.6) is 0 Å². The number of unbranched alkanes of at least 4 members (excludes halogenated alkanes) is 4. The van der Waals surface area contributed by atoms with Crippen LogP contribution >= 0.6 is 0 Å². The van der Waals surface area contributed by atoms with Crippen LogP contribution in [0.25, 0.3) is 0 Å². The van der Waals surface area contributed by atoms with Crippen LogP contribution in [0.1, 0.15) is 65.2 Å². The van der Waals surface area contributed by atoms with Gasteiger partial charge in [-0.05, 0) is 39.3 Å². The lowest BCUT2D eigenvalue weighted by Gasteiger charge is -2.34. The molecule has 0 saturated carbocycles. The van der Waals surface area contributed by atoms with Gasteiger partial charge in [0.25, 0.3) is 0 Å². The summed E-state index contributed by atoms with van der Waals surface area (Å²) in [4.78, 5) is 13.6. The Morgan fingerprint density at radius 2 is 1.76 bits per heavy atom. The van der Waals surface area contributed by atoms with E-state index in [2.05, 4.69) is 11.8 Å². The lowest BCUT2D eigenvalue weighted by atomic mass is 9.92. The number of nitrogens with zero attached hydrogens (tertiary/aromatic N) is 1. The van der Waals surface area contributed by atoms with Gasteiger partial charge in [-0.25, -0.2) is 0 Å². The van der Waals surface area contributed by atoms with Crippen LogP contribution in [0.2, 0.25) is 0 Å². The zero-order valence-electron chi connectivity index (χ0n) is 11.4. The number of likely N-dealkylation sites (tertiary alicyclic amines) is 1. The standard InChI is InChI=1S/C14H27NO2/c1-3-4-5-6-7-10-14(2,13(16)17)15-11-8-9-12-15/h3-12H2,1-2H3,(H,16,17). The number of carboxylic acid groups (broad SMARTS) is 1. The van der Waals surface area contributed by atoms with Gasteiger partial charge >= 0.3 is 5.97 Å². The second-order valence-electron chi connectivity index (χ2n) is 5.44. The molecule has 0 radical (unpaired) electrons. The second-order valence-corrected chi connectivity index (χ2v) is 5.44. The minimum Gasteiger partial charge on any atom is -0.480 e. The van der Waals surface area contributed by atoms with Gasteiger partial charge in [0.1, 0.15) is 5.54 Å². The first-order valence-corrected chi connectivity index (χ1v) is 7.09. The lowest BCUT2D eigenvalue weighted by Crippen LogP contribution is -2.51. The fourth-order valence-corrected chi connectivity index (χ4v) is 2.68. The minimum absolute atomic E-state index is 0.622. The van der Waals surface area contributed by atoms with Crippen molar-refractivity contribution >= 4 is 5.97 Å². The van der Waals surface area contributed by atoms with E-state index in [9.17, 15) is 9.90 Å². The molecule has 1 atom stereocenters. The van der Waals surface area contributed by atoms with Crippen LogP contribution in [0, 0.1) is 0 Å². The Hall–Kier alpha value is -0.570. The van der Waals surface area contributed by atoms with E-state index in [1.807, 2.05) is 6.92 Å². The minimum atomic E-state index is -0.644. The van der Waals surface area contributed by atoms with Gasteiger partial charge in [0.15, 0.2) is 0 Å². The lowest BCUT2D eigenvalue weighted by molar-refractivity contribution is -0.150. The van der Waals surface area contributed by atoms with E-state index < -0.39 is 11.5 Å². The van der Waals surface area contributed by atoms with Gasteiger partial charge in [-0.2, -0.15) is 0 Å². The highest BCUT2D eigenvalue weighted by molar-refractivity contribution is 5.78. The second kappa shape index (κ2) is 7.00. The third-order valence-electron chi connectivity index (χ3n) is 4.03. The van der Waals surface area contributed by atoms with Crippen molar-refractivity contribution in [2.75, 3.05) is 13.1 Å². The van der Waals surface area contributed by atoms with E-state index >= 15 is 0 Å². The van der Waals surface area contributed by atoms with Crippen LogP contribution in [-0.2, 0) is 4.79 Å². The van der Waals surface area contributed by atoms with Gasteiger partial charge in [-0.15, -0.1) is 0 Å². The summed E-state index contributed by atoms with van der Waals surface area (Å²) >= 11 is 0. The summed E-state index contributed by atoms with van der Waals surface area (Å²) in [5.74, 6) is -0.644. The first kappa shape index (κ1) is 14.5. The molecule has 100 valence electrons. The van der Waals surface area contributed by atoms with Gasteiger partial charge < -0.3 is 5.11 Å². The average Bonchev–Trinajstić information content (AvgIpc) is 2.82. The highest BCUT2D eigenvalue weighted by Gasteiger charge is 2.39. The molecule has 1 aliphatic heterocycles. The Bertz CT molecular complexity index is 236. The van der Waals surface area contributed by atoms with Crippen LogP contribution < -0.4 is 0 Å². The number of carbonyl (C=O) groups is 1. The van der Waals surface area contributed by atoms with Crippen LogP contribution in [-0.4, -0.2) is 34.6 Å². The van der Waals surface area contributed by atoms with Crippen molar-refractivity contribution in [1.29, 1.82) is 0 Å². The van der Waals surface area contributed by atoms with Crippen molar-refractivity contribution < 1.29 is 9.90 Å². The van der Waals surface area contributed by atoms with Gasteiger partial charge in [-0.3, -0.25) is 9.69 Å². The number of carboxylic acids is 1. The zero-order valence-corrected chi connectivity index (χ0v) is 11.4. The summed E-state index contributed by atoms with van der Waals surface area (Å²) in [6.07, 6.45) is 9.06. The molecule has 1 heterocycles. The zero-order chi connectivity index (χ0) is 12.7. The molecule has 0 bridgehead atoms. The monoisotopic (exact) mass is 241 g/mol. The van der Waals surface area contributed by atoms with E-state index in [0.29, 0.717) is 0 Å². The highest BCUT2D eigenvalue weighted by atomic mass is 16.4. The van der Waals surface area contributed by atoms with Crippen molar-refractivity contribution in [3.63, 3.8) is 0 Å². The molecular weight excluding hydrogens is 214 g/mol. The maximum atomic E-state index is 11.5. The molecule has 3 heteroatoms. The molecular formula is C14H27NO2. The smallest absolute Gasteiger partial charge is 0.323 e. The molecule has 1 unspecified atom stereocenters. The third-order valence-corrected chi connectivity index (χ3v) is 4.03. The summed E-state index contributed by atoms with van der Waals surface area (Å²) < 4.78 is 0. The summed E-state index contributed by atoms with van der Waals surface area (Å²) in [5.41, 5.74) is -0.622. The molecule has 0 aromatic carbocycles. The first-order chi connectivity index (χ1) is 8.11. The summed E-state index contributed by atoms with van der Waals surface area (Å²) in [7, 11) is 0. The molecule has 1 N–H and O–H groups in total. The third kappa shape index (κ3) is 3.98. The molecule has 1 saturated heterocycles. The van der Waals surface area contributed by atoms with E-state index in [4.69, 9.17) is 0 Å². The van der Waals surface area contributed by atoms with Crippen molar-refractivity contribution in [3.05, 3.63) is 0 Å². The summed E-state index contributed by atoms with van der Waals surface area (Å²) in [6.45, 7) is 6.02. The van der Waals surface area contributed by atoms with Crippen LogP contribution in [0.3, 0.4) is 0 Å². The molecule has 0 aliphatic carbocycles. The Labute approximate surface area is 105 Å². The maximum absolute atomic E-state index is 11.5. The van der Waals surface area contributed by atoms with Gasteiger partial charge in [0.2, 0.25) is 0 Å². The quantitative estimate of drug-likeness (QED) is 0.663. The molecule has 1 rings (SSSR count). The molecule has 3 nitrogen and oxygen atoms in total. The molecule has 1 fully saturated rings. The number of hydrogen-bond donors (Lipinski definition) is 1. The Balaban J connectivity index is 2.39. The van der Waals surface area contributed by atoms with Crippen molar-refractivity contribution in [2.24, 2.45) is 0 Å². The number of aliphatic carboxylic acids is 1. The number of hydrogen-bond acceptors (Lipinski definition) is 2. The van der Waals surface area contributed by atoms with Gasteiger partial charge in [0.05, 0.1) is 0 Å². The molecule has 0 aromatic heterocycles. The SMILES string of the molecule is CCCCCCCC(C)(C(=O)O)N1CCCC1. The summed E-state index contributed by atoms with van der Waals surface area (Å²) in [6, 6.07) is 0. The molecule has 0 aromatic rings. The van der Waals surface area contributed by atoms with E-state index in [0.717, 1.165) is 38.8 Å². The normalized spacial score (nSPS) is 20.4. The maximum Gasteiger partial charge on any atom is 0.323 e. The molecule has 0 spiro atoms. The van der Waals surface area contributed by atoms with Crippen molar-refractivity contribution in [2.45, 2.75) is 70.8 Å². The van der Waals surface area contributed by atoms with E-state index in [1.54, 1.807) is 0 Å². The average molecular weight is 241 g/mol. The molecule has 1 aliphatic rings. The first-order valence-electron chi connectivity index (χ1n) is 7.09. The fourth-order valence-electron chi connectivity index (χ4n) is 2.68. The van der Waals surface area contributed by atoms with Gasteiger partial charge in [0, 0.05) is 0 Å². The van der Waals surface area contributed by atoms with E-state index in [-0.39, 0.29) is 0 Å². The molecule has 17 heavy (non-hydrogen) atoms. The predicted molar refractivity (Wildman–Crippen MR) is 70.2 cm³/mol. The van der Waals surface area contributed by atoms with E-state index in [1.165, 1.54) is 25.7 Å². The number of rotatable bonds is 8. The molecule has 0 amide bonds. The van der Waals surface area contributed by atoms with Crippen molar-refractivity contribution in [1.82, 2.24) is 4.90 Å². The highest BCUT2D eigenvalue weighted by Crippen LogP contribution is 2.27. The van der Waals surface area contributed by atoms with Crippen molar-refractivity contribution in [3.8, 4) is 0 Å². The van der Waals surface area contributed by atoms with Crippen LogP contribution in [0.4, 0.5) is 0 Å². The Morgan fingerprint density at radius 1 is 1.18 bits per heavy atom. The Kier molecular flexibility index (Phi) is 5.96. The topological polar surface area (TPSA) is 40.5 Å².